The number of allylic oxidation sites excluding steroid dienone is 4. The maximum Gasteiger partial charge on any atom is 0.433 e. The molecule has 4 nitrogen and oxygen atoms in total. The van der Waals surface area contributed by atoms with Crippen LogP contribution in [-0.4, -0.2) is 13.4 Å². The van der Waals surface area contributed by atoms with Crippen molar-refractivity contribution >= 4 is 21.2 Å². The van der Waals surface area contributed by atoms with Gasteiger partial charge in [-0.05, 0) is 41.3 Å². The molecular formula is C17H13F3N2O2S. The summed E-state index contributed by atoms with van der Waals surface area (Å²) < 4.78 is 62.3. The molecule has 1 heterocycles. The number of sulfonamides is 1. The number of halogens is 3. The van der Waals surface area contributed by atoms with Crippen molar-refractivity contribution in [2.75, 3.05) is 0 Å². The number of alkyl halides is 3. The minimum absolute atomic E-state index is 0.00530. The first-order valence-corrected chi connectivity index (χ1v) is 8.79. The number of rotatable bonds is 3. The molecule has 0 radical (unpaired) electrons. The molecule has 0 atom stereocenters. The minimum Gasteiger partial charge on any atom is -0.251 e. The second kappa shape index (κ2) is 6.12. The van der Waals surface area contributed by atoms with Gasteiger partial charge in [0.1, 0.15) is 0 Å². The predicted octanol–water partition coefficient (Wildman–Crippen LogP) is 3.62. The molecule has 2 aromatic rings. The van der Waals surface area contributed by atoms with Crippen LogP contribution in [0.15, 0.2) is 59.6 Å². The van der Waals surface area contributed by atoms with Crippen molar-refractivity contribution in [1.82, 2.24) is 4.98 Å². The summed E-state index contributed by atoms with van der Waals surface area (Å²) in [6.07, 6.45) is 0.492. The Bertz CT molecular complexity index is 976. The highest BCUT2D eigenvalue weighted by Gasteiger charge is 2.36. The zero-order valence-electron chi connectivity index (χ0n) is 12.8. The zero-order chi connectivity index (χ0) is 18.2. The van der Waals surface area contributed by atoms with Gasteiger partial charge in [0.25, 0.3) is 0 Å². The molecule has 0 aliphatic heterocycles. The van der Waals surface area contributed by atoms with Gasteiger partial charge in [0.2, 0.25) is 10.0 Å². The average Bonchev–Trinajstić information content (AvgIpc) is 3.03. The van der Waals surface area contributed by atoms with E-state index in [4.69, 9.17) is 5.14 Å². The van der Waals surface area contributed by atoms with Gasteiger partial charge in [-0.15, -0.1) is 0 Å². The van der Waals surface area contributed by atoms with Crippen LogP contribution < -0.4 is 5.14 Å². The molecule has 0 unspecified atom stereocenters. The van der Waals surface area contributed by atoms with E-state index < -0.39 is 21.9 Å². The fraction of sp³-hybridized carbons (Fsp3) is 0.118. The number of hydrogen-bond acceptors (Lipinski definition) is 3. The minimum atomic E-state index is -4.57. The highest BCUT2D eigenvalue weighted by Crippen LogP contribution is 2.41. The normalized spacial score (nSPS) is 15.0. The van der Waals surface area contributed by atoms with Gasteiger partial charge in [0.15, 0.2) is 5.69 Å². The number of aromatic nitrogens is 1. The molecule has 0 amide bonds. The third-order valence-corrected chi connectivity index (χ3v) is 4.72. The molecule has 0 fully saturated rings. The van der Waals surface area contributed by atoms with Gasteiger partial charge >= 0.3 is 6.18 Å². The van der Waals surface area contributed by atoms with Gasteiger partial charge < -0.3 is 0 Å². The largest absolute Gasteiger partial charge is 0.433 e. The van der Waals surface area contributed by atoms with E-state index in [2.05, 4.69) is 4.98 Å². The highest BCUT2D eigenvalue weighted by molar-refractivity contribution is 7.89. The number of nitrogens with zero attached hydrogens (tertiary/aromatic N) is 1. The highest BCUT2D eigenvalue weighted by atomic mass is 32.2. The van der Waals surface area contributed by atoms with Crippen LogP contribution in [-0.2, 0) is 16.2 Å². The van der Waals surface area contributed by atoms with E-state index in [9.17, 15) is 21.6 Å². The van der Waals surface area contributed by atoms with Crippen LogP contribution in [0.5, 0.6) is 0 Å². The first kappa shape index (κ1) is 17.4. The summed E-state index contributed by atoms with van der Waals surface area (Å²) in [6, 6.07) is 8.53. The van der Waals surface area contributed by atoms with E-state index in [0.29, 0.717) is 23.1 Å². The number of nitrogens with two attached hydrogens (primary N) is 1. The summed E-state index contributed by atoms with van der Waals surface area (Å²) in [6.45, 7) is 0. The van der Waals surface area contributed by atoms with Crippen molar-refractivity contribution in [1.29, 1.82) is 0 Å². The molecule has 130 valence electrons. The average molecular weight is 366 g/mol. The molecular weight excluding hydrogens is 353 g/mol. The maximum absolute atomic E-state index is 13.2. The lowest BCUT2D eigenvalue weighted by atomic mass is 9.94. The molecule has 0 saturated carbocycles. The predicted molar refractivity (Wildman–Crippen MR) is 87.6 cm³/mol. The van der Waals surface area contributed by atoms with Gasteiger partial charge in [-0.1, -0.05) is 30.4 Å². The molecule has 1 aromatic carbocycles. The molecule has 0 spiro atoms. The Balaban J connectivity index is 2.03. The first-order chi connectivity index (χ1) is 11.7. The topological polar surface area (TPSA) is 73.1 Å². The molecule has 2 N–H and O–H groups in total. The van der Waals surface area contributed by atoms with Crippen LogP contribution in [0.2, 0.25) is 0 Å². The van der Waals surface area contributed by atoms with Crippen molar-refractivity contribution in [3.8, 4) is 0 Å². The number of primary sulfonamides is 1. The summed E-state index contributed by atoms with van der Waals surface area (Å²) in [5.41, 5.74) is 0.667. The van der Waals surface area contributed by atoms with Crippen LogP contribution >= 0.6 is 0 Å². The van der Waals surface area contributed by atoms with Gasteiger partial charge in [-0.2, -0.15) is 13.2 Å². The van der Waals surface area contributed by atoms with Crippen molar-refractivity contribution in [2.24, 2.45) is 5.14 Å². The fourth-order valence-corrected chi connectivity index (χ4v) is 3.23. The zero-order valence-corrected chi connectivity index (χ0v) is 13.6. The summed E-state index contributed by atoms with van der Waals surface area (Å²) in [5.74, 6) is 0. The van der Waals surface area contributed by atoms with E-state index in [1.807, 2.05) is 0 Å². The van der Waals surface area contributed by atoms with E-state index in [1.54, 1.807) is 12.2 Å². The molecule has 1 aromatic heterocycles. The quantitative estimate of drug-likeness (QED) is 0.902. The second-order valence-electron chi connectivity index (χ2n) is 5.44. The fourth-order valence-electron chi connectivity index (χ4n) is 2.72. The van der Waals surface area contributed by atoms with Gasteiger partial charge in [-0.3, -0.25) is 4.98 Å². The van der Waals surface area contributed by atoms with Crippen LogP contribution in [0.3, 0.4) is 0 Å². The van der Waals surface area contributed by atoms with Crippen LogP contribution in [0.1, 0.15) is 23.2 Å². The Morgan fingerprint density at radius 3 is 2.24 bits per heavy atom. The Morgan fingerprint density at radius 2 is 1.64 bits per heavy atom. The van der Waals surface area contributed by atoms with E-state index in [1.165, 1.54) is 36.4 Å². The molecule has 0 saturated heterocycles. The third kappa shape index (κ3) is 3.49. The summed E-state index contributed by atoms with van der Waals surface area (Å²) in [7, 11) is -3.83. The Hall–Kier alpha value is -2.45. The van der Waals surface area contributed by atoms with E-state index >= 15 is 0 Å². The van der Waals surface area contributed by atoms with Crippen molar-refractivity contribution in [3.63, 3.8) is 0 Å². The maximum atomic E-state index is 13.2. The van der Waals surface area contributed by atoms with Gasteiger partial charge in [0.05, 0.1) is 4.90 Å². The Kier molecular flexibility index (Phi) is 4.26. The van der Waals surface area contributed by atoms with Gasteiger partial charge in [0, 0.05) is 11.8 Å². The third-order valence-electron chi connectivity index (χ3n) is 3.79. The summed E-state index contributed by atoms with van der Waals surface area (Å²) >= 11 is 0. The standard InChI is InChI=1S/C17H13F3N2O2S/c18-17(19,20)16-15(5-2-10-22-16)14-4-1-3-13(14)11-6-8-12(9-7-11)25(21,23)24/h2-10H,1H2,(H2,21,23,24). The number of hydrogen-bond donors (Lipinski definition) is 1. The van der Waals surface area contributed by atoms with E-state index in [-0.39, 0.29) is 10.5 Å². The molecule has 3 rings (SSSR count). The SMILES string of the molecule is NS(=O)(=O)c1ccc(C2=CCC=C2c2cccnc2C(F)(F)F)cc1. The molecule has 8 heteroatoms. The monoisotopic (exact) mass is 366 g/mol. The van der Waals surface area contributed by atoms with Crippen molar-refractivity contribution < 1.29 is 21.6 Å². The van der Waals surface area contributed by atoms with E-state index in [0.717, 1.165) is 6.20 Å². The molecule has 0 bridgehead atoms. The molecule has 25 heavy (non-hydrogen) atoms. The number of pyridine rings is 1. The smallest absolute Gasteiger partial charge is 0.251 e. The van der Waals surface area contributed by atoms with Crippen molar-refractivity contribution in [3.05, 3.63) is 71.6 Å². The van der Waals surface area contributed by atoms with Crippen LogP contribution in [0.25, 0.3) is 11.1 Å². The Labute approximate surface area is 142 Å². The molecule has 1 aliphatic rings. The lowest BCUT2D eigenvalue weighted by Crippen LogP contribution is -2.12. The van der Waals surface area contributed by atoms with Crippen LogP contribution in [0, 0.1) is 0 Å². The lowest BCUT2D eigenvalue weighted by Gasteiger charge is -2.15. The molecule has 1 aliphatic carbocycles. The summed E-state index contributed by atoms with van der Waals surface area (Å²) in [4.78, 5) is 3.42. The lowest BCUT2D eigenvalue weighted by molar-refractivity contribution is -0.141. The van der Waals surface area contributed by atoms with Gasteiger partial charge in [-0.25, -0.2) is 13.6 Å². The first-order valence-electron chi connectivity index (χ1n) is 7.24. The Morgan fingerprint density at radius 1 is 1.00 bits per heavy atom. The summed E-state index contributed by atoms with van der Waals surface area (Å²) in [5, 5.41) is 5.06. The van der Waals surface area contributed by atoms with Crippen molar-refractivity contribution in [2.45, 2.75) is 17.5 Å². The van der Waals surface area contributed by atoms with Crippen LogP contribution in [0.4, 0.5) is 13.2 Å². The second-order valence-corrected chi connectivity index (χ2v) is 7.00. The number of benzene rings is 1.